The summed E-state index contributed by atoms with van der Waals surface area (Å²) in [6, 6.07) is 4.72. The van der Waals surface area contributed by atoms with Crippen LogP contribution in [0.1, 0.15) is 39.0 Å². The van der Waals surface area contributed by atoms with E-state index < -0.39 is 0 Å². The Morgan fingerprint density at radius 1 is 1.44 bits per heavy atom. The summed E-state index contributed by atoms with van der Waals surface area (Å²) in [6.07, 6.45) is 8.60. The molecule has 1 aliphatic rings. The molecule has 2 rings (SSSR count). The van der Waals surface area contributed by atoms with Gasteiger partial charge in [0.2, 0.25) is 0 Å². The Morgan fingerprint density at radius 2 is 2.31 bits per heavy atom. The maximum atomic E-state index is 4.24. The van der Waals surface area contributed by atoms with Crippen molar-refractivity contribution in [2.75, 3.05) is 5.32 Å². The van der Waals surface area contributed by atoms with Crippen LogP contribution in [0.3, 0.4) is 0 Å². The molecule has 1 aromatic rings. The van der Waals surface area contributed by atoms with E-state index in [1.54, 1.807) is 0 Å². The van der Waals surface area contributed by atoms with Crippen molar-refractivity contribution < 1.29 is 0 Å². The minimum atomic E-state index is 0.640. The highest BCUT2D eigenvalue weighted by Crippen LogP contribution is 2.28. The Bertz CT molecular complexity index is 323. The number of hydrogen-bond acceptors (Lipinski definition) is 2. The van der Waals surface area contributed by atoms with Crippen molar-refractivity contribution in [1.82, 2.24) is 4.98 Å². The van der Waals surface area contributed by atoms with Crippen molar-refractivity contribution in [3.05, 3.63) is 22.9 Å². The van der Waals surface area contributed by atoms with Gasteiger partial charge in [-0.3, -0.25) is 0 Å². The molecule has 0 aliphatic heterocycles. The van der Waals surface area contributed by atoms with Gasteiger partial charge in [-0.1, -0.05) is 26.2 Å². The van der Waals surface area contributed by atoms with E-state index in [-0.39, 0.29) is 0 Å². The minimum absolute atomic E-state index is 0.640. The lowest BCUT2D eigenvalue weighted by molar-refractivity contribution is 0.327. The molecule has 0 radical (unpaired) electrons. The van der Waals surface area contributed by atoms with Gasteiger partial charge in [-0.15, -0.1) is 0 Å². The number of rotatable bonds is 3. The van der Waals surface area contributed by atoms with Crippen LogP contribution < -0.4 is 5.32 Å². The van der Waals surface area contributed by atoms with Crippen LogP contribution in [-0.4, -0.2) is 11.0 Å². The number of nitrogens with zero attached hydrogens (tertiary/aromatic N) is 1. The fourth-order valence-electron chi connectivity index (χ4n) is 2.49. The van der Waals surface area contributed by atoms with Gasteiger partial charge in [0.15, 0.2) is 0 Å². The molecular formula is C13H19BrN2. The van der Waals surface area contributed by atoms with Crippen molar-refractivity contribution >= 4 is 21.6 Å². The fourth-order valence-corrected chi connectivity index (χ4v) is 2.72. The monoisotopic (exact) mass is 282 g/mol. The summed E-state index contributed by atoms with van der Waals surface area (Å²) < 4.78 is 0.896. The van der Waals surface area contributed by atoms with E-state index in [0.717, 1.165) is 16.2 Å². The van der Waals surface area contributed by atoms with Gasteiger partial charge in [0, 0.05) is 6.04 Å². The summed E-state index contributed by atoms with van der Waals surface area (Å²) in [5, 5.41) is 3.59. The molecule has 2 nitrogen and oxygen atoms in total. The zero-order valence-electron chi connectivity index (χ0n) is 9.75. The highest BCUT2D eigenvalue weighted by atomic mass is 79.9. The van der Waals surface area contributed by atoms with Crippen molar-refractivity contribution in [3.8, 4) is 0 Å². The van der Waals surface area contributed by atoms with Gasteiger partial charge >= 0.3 is 0 Å². The first-order valence-electron chi connectivity index (χ1n) is 6.16. The Balaban J connectivity index is 1.91. The quantitative estimate of drug-likeness (QED) is 0.840. The summed E-state index contributed by atoms with van der Waals surface area (Å²) in [6.45, 7) is 2.30. The average Bonchev–Trinajstić information content (AvgIpc) is 2.32. The smallest absolute Gasteiger partial charge is 0.106 e. The van der Waals surface area contributed by atoms with E-state index in [1.165, 1.54) is 32.1 Å². The molecule has 0 aromatic carbocycles. The standard InChI is InChI=1S/C13H19BrN2/c1-2-10-4-3-5-11(8-10)16-12-6-7-13(14)15-9-12/h6-7,9-11,16H,2-5,8H2,1H3. The molecule has 1 aliphatic carbocycles. The number of anilines is 1. The average molecular weight is 283 g/mol. The Labute approximate surface area is 106 Å². The molecule has 0 saturated heterocycles. The Hall–Kier alpha value is -0.570. The third kappa shape index (κ3) is 3.21. The molecule has 3 heteroatoms. The molecule has 0 amide bonds. The molecule has 0 spiro atoms. The van der Waals surface area contributed by atoms with Crippen LogP contribution in [-0.2, 0) is 0 Å². The molecule has 1 aromatic heterocycles. The zero-order chi connectivity index (χ0) is 11.4. The predicted octanol–water partition coefficient (Wildman–Crippen LogP) is 4.22. The molecule has 2 atom stereocenters. The molecule has 88 valence electrons. The molecule has 1 heterocycles. The van der Waals surface area contributed by atoms with E-state index in [9.17, 15) is 0 Å². The van der Waals surface area contributed by atoms with E-state index in [2.05, 4.69) is 39.2 Å². The molecular weight excluding hydrogens is 264 g/mol. The minimum Gasteiger partial charge on any atom is -0.381 e. The van der Waals surface area contributed by atoms with Crippen LogP contribution in [0.4, 0.5) is 5.69 Å². The van der Waals surface area contributed by atoms with Crippen molar-refractivity contribution in [1.29, 1.82) is 0 Å². The zero-order valence-corrected chi connectivity index (χ0v) is 11.3. The van der Waals surface area contributed by atoms with Gasteiger partial charge in [-0.25, -0.2) is 4.98 Å². The highest BCUT2D eigenvalue weighted by Gasteiger charge is 2.20. The SMILES string of the molecule is CCC1CCCC(Nc2ccc(Br)nc2)C1. The normalized spacial score (nSPS) is 25.4. The third-order valence-electron chi connectivity index (χ3n) is 3.46. The van der Waals surface area contributed by atoms with Crippen molar-refractivity contribution in [2.24, 2.45) is 5.92 Å². The molecule has 2 unspecified atom stereocenters. The third-order valence-corrected chi connectivity index (χ3v) is 3.93. The lowest BCUT2D eigenvalue weighted by Crippen LogP contribution is -2.27. The molecule has 1 fully saturated rings. The summed E-state index contributed by atoms with van der Waals surface area (Å²) >= 11 is 3.35. The summed E-state index contributed by atoms with van der Waals surface area (Å²) in [5.74, 6) is 0.912. The van der Waals surface area contributed by atoms with E-state index in [4.69, 9.17) is 0 Å². The molecule has 0 bridgehead atoms. The maximum Gasteiger partial charge on any atom is 0.106 e. The first-order chi connectivity index (χ1) is 7.78. The Kier molecular flexibility index (Phi) is 4.22. The number of aromatic nitrogens is 1. The van der Waals surface area contributed by atoms with Gasteiger partial charge in [0.1, 0.15) is 4.60 Å². The van der Waals surface area contributed by atoms with Crippen LogP contribution in [0.5, 0.6) is 0 Å². The Morgan fingerprint density at radius 3 is 3.00 bits per heavy atom. The second-order valence-corrected chi connectivity index (χ2v) is 5.46. The predicted molar refractivity (Wildman–Crippen MR) is 71.6 cm³/mol. The van der Waals surface area contributed by atoms with Crippen molar-refractivity contribution in [3.63, 3.8) is 0 Å². The van der Waals surface area contributed by atoms with Crippen LogP contribution in [0.15, 0.2) is 22.9 Å². The molecule has 1 N–H and O–H groups in total. The summed E-state index contributed by atoms with van der Waals surface area (Å²) in [4.78, 5) is 4.24. The van der Waals surface area contributed by atoms with Crippen LogP contribution >= 0.6 is 15.9 Å². The lowest BCUT2D eigenvalue weighted by Gasteiger charge is -2.29. The molecule has 16 heavy (non-hydrogen) atoms. The second-order valence-electron chi connectivity index (χ2n) is 4.65. The number of hydrogen-bond donors (Lipinski definition) is 1. The molecule has 1 saturated carbocycles. The fraction of sp³-hybridized carbons (Fsp3) is 0.615. The van der Waals surface area contributed by atoms with Crippen LogP contribution in [0, 0.1) is 5.92 Å². The van der Waals surface area contributed by atoms with Gasteiger partial charge in [-0.05, 0) is 46.8 Å². The van der Waals surface area contributed by atoms with Gasteiger partial charge in [0.05, 0.1) is 11.9 Å². The number of halogens is 1. The van der Waals surface area contributed by atoms with E-state index in [0.29, 0.717) is 6.04 Å². The number of pyridine rings is 1. The van der Waals surface area contributed by atoms with E-state index >= 15 is 0 Å². The lowest BCUT2D eigenvalue weighted by atomic mass is 9.84. The summed E-state index contributed by atoms with van der Waals surface area (Å²) in [5.41, 5.74) is 1.14. The van der Waals surface area contributed by atoms with Gasteiger partial charge in [-0.2, -0.15) is 0 Å². The highest BCUT2D eigenvalue weighted by molar-refractivity contribution is 9.10. The number of nitrogens with one attached hydrogen (secondary N) is 1. The largest absolute Gasteiger partial charge is 0.381 e. The van der Waals surface area contributed by atoms with E-state index in [1.807, 2.05) is 12.3 Å². The van der Waals surface area contributed by atoms with Gasteiger partial charge < -0.3 is 5.32 Å². The summed E-state index contributed by atoms with van der Waals surface area (Å²) in [7, 11) is 0. The van der Waals surface area contributed by atoms with Crippen LogP contribution in [0.25, 0.3) is 0 Å². The first-order valence-corrected chi connectivity index (χ1v) is 6.95. The van der Waals surface area contributed by atoms with Gasteiger partial charge in [0.25, 0.3) is 0 Å². The first kappa shape index (κ1) is 11.9. The van der Waals surface area contributed by atoms with Crippen LogP contribution in [0.2, 0.25) is 0 Å². The second kappa shape index (κ2) is 5.67. The topological polar surface area (TPSA) is 24.9 Å². The maximum absolute atomic E-state index is 4.24. The van der Waals surface area contributed by atoms with Crippen molar-refractivity contribution in [2.45, 2.75) is 45.1 Å².